The van der Waals surface area contributed by atoms with E-state index in [1.54, 1.807) is 23.1 Å². The molecule has 1 aliphatic rings. The molecule has 0 aromatic heterocycles. The van der Waals surface area contributed by atoms with Crippen molar-refractivity contribution in [2.75, 3.05) is 6.61 Å². The molecule has 0 spiro atoms. The monoisotopic (exact) mass is 386 g/mol. The Morgan fingerprint density at radius 3 is 2.54 bits per heavy atom. The van der Waals surface area contributed by atoms with Gasteiger partial charge in [-0.15, -0.1) is 0 Å². The Kier molecular flexibility index (Phi) is 6.57. The number of hydrogen-bond donors (Lipinski definition) is 0. The zero-order valence-electron chi connectivity index (χ0n) is 15.6. The first-order valence-electron chi connectivity index (χ1n) is 9.44. The van der Waals surface area contributed by atoms with Crippen molar-refractivity contribution < 1.29 is 18.8 Å². The van der Waals surface area contributed by atoms with Crippen LogP contribution in [-0.2, 0) is 11.3 Å². The number of amides is 1. The van der Waals surface area contributed by atoms with E-state index in [2.05, 4.69) is 0 Å². The second-order valence-corrected chi connectivity index (χ2v) is 6.98. The summed E-state index contributed by atoms with van der Waals surface area (Å²) in [6.07, 6.45) is 5.18. The number of benzene rings is 2. The van der Waals surface area contributed by atoms with E-state index in [0.717, 1.165) is 31.2 Å². The Morgan fingerprint density at radius 2 is 1.86 bits per heavy atom. The lowest BCUT2D eigenvalue weighted by Crippen LogP contribution is -2.43. The van der Waals surface area contributed by atoms with E-state index in [9.17, 15) is 19.3 Å². The molecule has 7 heteroatoms. The summed E-state index contributed by atoms with van der Waals surface area (Å²) in [7, 11) is 0. The number of ether oxygens (including phenoxy) is 1. The average Bonchev–Trinajstić information content (AvgIpc) is 2.72. The van der Waals surface area contributed by atoms with Crippen LogP contribution in [0.2, 0.25) is 0 Å². The second-order valence-electron chi connectivity index (χ2n) is 6.98. The van der Waals surface area contributed by atoms with E-state index in [1.165, 1.54) is 36.8 Å². The number of nitro groups is 1. The highest BCUT2D eigenvalue weighted by molar-refractivity contribution is 5.78. The molecule has 0 saturated heterocycles. The lowest BCUT2D eigenvalue weighted by atomic mass is 9.93. The minimum atomic E-state index is -0.502. The first kappa shape index (κ1) is 19.8. The van der Waals surface area contributed by atoms with E-state index >= 15 is 0 Å². The van der Waals surface area contributed by atoms with Crippen molar-refractivity contribution in [3.05, 3.63) is 70.0 Å². The summed E-state index contributed by atoms with van der Waals surface area (Å²) in [4.78, 5) is 25.1. The topological polar surface area (TPSA) is 72.7 Å². The standard InChI is InChI=1S/C21H23FN2O4/c22-17-11-9-16(10-12-17)14-23(18-5-2-1-3-6-18)21(25)15-28-20-8-4-7-19(13-20)24(26)27/h4,7-13,18H,1-3,5-6,14-15H2. The van der Waals surface area contributed by atoms with E-state index in [0.29, 0.717) is 6.54 Å². The van der Waals surface area contributed by atoms with Crippen LogP contribution in [-0.4, -0.2) is 28.4 Å². The van der Waals surface area contributed by atoms with Gasteiger partial charge in [0, 0.05) is 18.7 Å². The molecule has 148 valence electrons. The number of hydrogen-bond acceptors (Lipinski definition) is 4. The minimum Gasteiger partial charge on any atom is -0.484 e. The fourth-order valence-corrected chi connectivity index (χ4v) is 3.51. The van der Waals surface area contributed by atoms with Crippen LogP contribution in [0.25, 0.3) is 0 Å². The predicted molar refractivity (Wildman–Crippen MR) is 102 cm³/mol. The number of carbonyl (C=O) groups excluding carboxylic acids is 1. The Bertz CT molecular complexity index is 819. The van der Waals surface area contributed by atoms with E-state index in [-0.39, 0.29) is 35.8 Å². The molecule has 0 atom stereocenters. The van der Waals surface area contributed by atoms with Gasteiger partial charge in [-0.3, -0.25) is 14.9 Å². The number of carbonyl (C=O) groups is 1. The summed E-state index contributed by atoms with van der Waals surface area (Å²) in [6.45, 7) is 0.195. The van der Waals surface area contributed by atoms with Gasteiger partial charge in [0.15, 0.2) is 6.61 Å². The molecule has 28 heavy (non-hydrogen) atoms. The van der Waals surface area contributed by atoms with Crippen LogP contribution in [0.4, 0.5) is 10.1 Å². The highest BCUT2D eigenvalue weighted by Crippen LogP contribution is 2.25. The van der Waals surface area contributed by atoms with Crippen LogP contribution in [0.3, 0.4) is 0 Å². The van der Waals surface area contributed by atoms with E-state index < -0.39 is 4.92 Å². The third kappa shape index (κ3) is 5.28. The van der Waals surface area contributed by atoms with Gasteiger partial charge in [0.05, 0.1) is 11.0 Å². The molecule has 0 bridgehead atoms. The molecule has 0 radical (unpaired) electrons. The summed E-state index contributed by atoms with van der Waals surface area (Å²) in [5.74, 6) is -0.205. The largest absolute Gasteiger partial charge is 0.484 e. The quantitative estimate of drug-likeness (QED) is 0.520. The molecule has 0 aliphatic heterocycles. The lowest BCUT2D eigenvalue weighted by Gasteiger charge is -2.34. The molecule has 0 N–H and O–H groups in total. The van der Waals surface area contributed by atoms with Crippen molar-refractivity contribution in [3.8, 4) is 5.75 Å². The normalized spacial score (nSPS) is 14.5. The summed E-state index contributed by atoms with van der Waals surface area (Å²) in [5.41, 5.74) is 0.774. The van der Waals surface area contributed by atoms with Gasteiger partial charge in [0.25, 0.3) is 11.6 Å². The van der Waals surface area contributed by atoms with Crippen LogP contribution in [0.1, 0.15) is 37.7 Å². The second kappa shape index (κ2) is 9.30. The van der Waals surface area contributed by atoms with E-state index in [4.69, 9.17) is 4.74 Å². The average molecular weight is 386 g/mol. The first-order chi connectivity index (χ1) is 13.5. The van der Waals surface area contributed by atoms with Gasteiger partial charge in [-0.05, 0) is 36.6 Å². The molecule has 2 aromatic carbocycles. The van der Waals surface area contributed by atoms with Crippen molar-refractivity contribution in [1.82, 2.24) is 4.90 Å². The zero-order chi connectivity index (χ0) is 19.9. The summed E-state index contributed by atoms with van der Waals surface area (Å²) in [5, 5.41) is 10.9. The van der Waals surface area contributed by atoms with Crippen molar-refractivity contribution in [1.29, 1.82) is 0 Å². The van der Waals surface area contributed by atoms with Crippen LogP contribution in [0, 0.1) is 15.9 Å². The van der Waals surface area contributed by atoms with Crippen molar-refractivity contribution >= 4 is 11.6 Å². The fraction of sp³-hybridized carbons (Fsp3) is 0.381. The van der Waals surface area contributed by atoms with Crippen LogP contribution in [0.15, 0.2) is 48.5 Å². The van der Waals surface area contributed by atoms with Gasteiger partial charge in [0.2, 0.25) is 0 Å². The number of rotatable bonds is 7. The molecular weight excluding hydrogens is 363 g/mol. The molecule has 0 unspecified atom stereocenters. The molecular formula is C21H23FN2O4. The molecule has 1 fully saturated rings. The SMILES string of the molecule is O=C(COc1cccc([N+](=O)[O-])c1)N(Cc1ccc(F)cc1)C1CCCCC1. The number of non-ortho nitro benzene ring substituents is 1. The molecule has 1 aliphatic carbocycles. The number of halogens is 1. The summed E-state index contributed by atoms with van der Waals surface area (Å²) >= 11 is 0. The Labute approximate surface area is 163 Å². The number of nitro benzene ring substituents is 1. The molecule has 0 heterocycles. The lowest BCUT2D eigenvalue weighted by molar-refractivity contribution is -0.384. The van der Waals surface area contributed by atoms with Crippen molar-refractivity contribution in [2.45, 2.75) is 44.7 Å². The van der Waals surface area contributed by atoms with E-state index in [1.807, 2.05) is 0 Å². The maximum atomic E-state index is 13.2. The van der Waals surface area contributed by atoms with Gasteiger partial charge in [-0.25, -0.2) is 4.39 Å². The highest BCUT2D eigenvalue weighted by Gasteiger charge is 2.26. The van der Waals surface area contributed by atoms with Gasteiger partial charge < -0.3 is 9.64 Å². The van der Waals surface area contributed by atoms with Crippen molar-refractivity contribution in [2.24, 2.45) is 0 Å². The first-order valence-corrected chi connectivity index (χ1v) is 9.44. The van der Waals surface area contributed by atoms with Gasteiger partial charge >= 0.3 is 0 Å². The fourth-order valence-electron chi connectivity index (χ4n) is 3.51. The third-order valence-electron chi connectivity index (χ3n) is 4.99. The summed E-state index contributed by atoms with van der Waals surface area (Å²) < 4.78 is 18.7. The molecule has 1 amide bonds. The molecule has 1 saturated carbocycles. The Hall–Kier alpha value is -2.96. The van der Waals surface area contributed by atoms with Gasteiger partial charge in [-0.1, -0.05) is 37.5 Å². The highest BCUT2D eigenvalue weighted by atomic mass is 19.1. The number of nitrogens with zero attached hydrogens (tertiary/aromatic N) is 2. The Morgan fingerprint density at radius 1 is 1.14 bits per heavy atom. The van der Waals surface area contributed by atoms with Crippen LogP contribution < -0.4 is 4.74 Å². The third-order valence-corrected chi connectivity index (χ3v) is 4.99. The van der Waals surface area contributed by atoms with Gasteiger partial charge in [0.1, 0.15) is 11.6 Å². The molecule has 6 nitrogen and oxygen atoms in total. The molecule has 3 rings (SSSR count). The minimum absolute atomic E-state index is 0.0830. The predicted octanol–water partition coefficient (Wildman–Crippen LogP) is 4.47. The maximum Gasteiger partial charge on any atom is 0.273 e. The summed E-state index contributed by atoms with van der Waals surface area (Å²) in [6, 6.07) is 12.0. The Balaban J connectivity index is 1.69. The smallest absolute Gasteiger partial charge is 0.273 e. The van der Waals surface area contributed by atoms with Gasteiger partial charge in [-0.2, -0.15) is 0 Å². The van der Waals surface area contributed by atoms with Crippen LogP contribution in [0.5, 0.6) is 5.75 Å². The van der Waals surface area contributed by atoms with Crippen molar-refractivity contribution in [3.63, 3.8) is 0 Å². The molecule has 2 aromatic rings. The van der Waals surface area contributed by atoms with Crippen LogP contribution >= 0.6 is 0 Å². The maximum absolute atomic E-state index is 13.2. The zero-order valence-corrected chi connectivity index (χ0v) is 15.6.